The van der Waals surface area contributed by atoms with Gasteiger partial charge >= 0.3 is 0 Å². The highest BCUT2D eigenvalue weighted by molar-refractivity contribution is 5.80. The second kappa shape index (κ2) is 8.20. The van der Waals surface area contributed by atoms with Crippen molar-refractivity contribution < 1.29 is 4.74 Å². The largest absolute Gasteiger partial charge is 0.378 e. The average Bonchev–Trinajstić information content (AvgIpc) is 3.10. The van der Waals surface area contributed by atoms with Crippen LogP contribution in [0.5, 0.6) is 0 Å². The third kappa shape index (κ3) is 5.23. The second-order valence-corrected chi connectivity index (χ2v) is 5.41. The zero-order valence-electron chi connectivity index (χ0n) is 12.0. The van der Waals surface area contributed by atoms with Gasteiger partial charge in [0.15, 0.2) is 5.96 Å². The van der Waals surface area contributed by atoms with E-state index in [1.807, 2.05) is 7.05 Å². The van der Waals surface area contributed by atoms with Crippen LogP contribution in [0.15, 0.2) is 17.1 Å². The maximum absolute atomic E-state index is 5.84. The van der Waals surface area contributed by atoms with Crippen LogP contribution in [0.1, 0.15) is 44.9 Å². The highest BCUT2D eigenvalue weighted by Crippen LogP contribution is 2.20. The summed E-state index contributed by atoms with van der Waals surface area (Å²) in [5.74, 6) is 0.912. The van der Waals surface area contributed by atoms with Crippen LogP contribution in [0.4, 0.5) is 0 Å². The highest BCUT2D eigenvalue weighted by atomic mass is 16.5. The van der Waals surface area contributed by atoms with Crippen molar-refractivity contribution in [1.29, 1.82) is 0 Å². The predicted octanol–water partition coefficient (Wildman–Crippen LogP) is 2.22. The van der Waals surface area contributed by atoms with Crippen LogP contribution >= 0.6 is 0 Å². The summed E-state index contributed by atoms with van der Waals surface area (Å²) in [5, 5.41) is 6.79. The topological polar surface area (TPSA) is 45.7 Å². The summed E-state index contributed by atoms with van der Waals surface area (Å²) in [4.78, 5) is 4.25. The minimum Gasteiger partial charge on any atom is -0.378 e. The van der Waals surface area contributed by atoms with Crippen molar-refractivity contribution in [2.75, 3.05) is 20.2 Å². The molecule has 0 bridgehead atoms. The number of nitrogens with zero attached hydrogens (tertiary/aromatic N) is 1. The van der Waals surface area contributed by atoms with Gasteiger partial charge in [0.25, 0.3) is 0 Å². The molecule has 1 fully saturated rings. The van der Waals surface area contributed by atoms with Crippen LogP contribution in [0.3, 0.4) is 0 Å². The minimum absolute atomic E-state index is 0.515. The van der Waals surface area contributed by atoms with Crippen LogP contribution < -0.4 is 10.6 Å². The number of rotatable bonds is 6. The van der Waals surface area contributed by atoms with Crippen molar-refractivity contribution in [3.05, 3.63) is 12.2 Å². The molecule has 2 rings (SSSR count). The van der Waals surface area contributed by atoms with Gasteiger partial charge in [0, 0.05) is 26.2 Å². The van der Waals surface area contributed by atoms with Crippen LogP contribution in [0, 0.1) is 0 Å². The fourth-order valence-corrected chi connectivity index (χ4v) is 2.71. The molecule has 0 radical (unpaired) electrons. The molecule has 19 heavy (non-hydrogen) atoms. The number of hydrogen-bond acceptors (Lipinski definition) is 2. The monoisotopic (exact) mass is 265 g/mol. The molecule has 0 unspecified atom stereocenters. The number of nitrogens with one attached hydrogen (secondary N) is 2. The van der Waals surface area contributed by atoms with Crippen molar-refractivity contribution in [1.82, 2.24) is 10.6 Å². The number of aliphatic imine (C=N–C) groups is 1. The lowest BCUT2D eigenvalue weighted by atomic mass is 10.2. The summed E-state index contributed by atoms with van der Waals surface area (Å²) in [6.07, 6.45) is 13.4. The van der Waals surface area contributed by atoms with Gasteiger partial charge in [-0.2, -0.15) is 0 Å². The van der Waals surface area contributed by atoms with E-state index in [2.05, 4.69) is 27.8 Å². The Balaban J connectivity index is 1.50. The zero-order chi connectivity index (χ0) is 13.3. The Morgan fingerprint density at radius 3 is 2.68 bits per heavy atom. The lowest BCUT2D eigenvalue weighted by molar-refractivity contribution is 0.0574. The summed E-state index contributed by atoms with van der Waals surface area (Å²) in [7, 11) is 1.83. The van der Waals surface area contributed by atoms with Gasteiger partial charge in [-0.05, 0) is 32.1 Å². The van der Waals surface area contributed by atoms with E-state index in [-0.39, 0.29) is 0 Å². The lowest BCUT2D eigenvalue weighted by Crippen LogP contribution is -2.42. The van der Waals surface area contributed by atoms with E-state index >= 15 is 0 Å². The Hall–Kier alpha value is -1.03. The van der Waals surface area contributed by atoms with Gasteiger partial charge in [0.1, 0.15) is 0 Å². The van der Waals surface area contributed by atoms with Gasteiger partial charge in [-0.25, -0.2) is 0 Å². The molecule has 0 aromatic rings. The average molecular weight is 265 g/mol. The molecule has 2 aliphatic carbocycles. The molecule has 0 heterocycles. The Morgan fingerprint density at radius 2 is 2.00 bits per heavy atom. The number of ether oxygens (including phenoxy) is 1. The summed E-state index contributed by atoms with van der Waals surface area (Å²) in [6, 6.07) is 0.515. The van der Waals surface area contributed by atoms with E-state index < -0.39 is 0 Å². The summed E-state index contributed by atoms with van der Waals surface area (Å²) >= 11 is 0. The molecule has 0 saturated heterocycles. The smallest absolute Gasteiger partial charge is 0.191 e. The first-order valence-corrected chi connectivity index (χ1v) is 7.62. The van der Waals surface area contributed by atoms with E-state index in [1.54, 1.807) is 0 Å². The van der Waals surface area contributed by atoms with Gasteiger partial charge in [-0.1, -0.05) is 25.0 Å². The molecule has 0 spiro atoms. The maximum Gasteiger partial charge on any atom is 0.191 e. The van der Waals surface area contributed by atoms with E-state index in [0.717, 1.165) is 38.4 Å². The zero-order valence-corrected chi connectivity index (χ0v) is 12.0. The highest BCUT2D eigenvalue weighted by Gasteiger charge is 2.14. The summed E-state index contributed by atoms with van der Waals surface area (Å²) in [5.41, 5.74) is 0. The molecular weight excluding hydrogens is 238 g/mol. The molecule has 108 valence electrons. The molecular formula is C15H27N3O. The van der Waals surface area contributed by atoms with Gasteiger partial charge in [0.05, 0.1) is 6.10 Å². The normalized spacial score (nSPS) is 21.2. The molecule has 4 heteroatoms. The Labute approximate surface area is 116 Å². The van der Waals surface area contributed by atoms with E-state index in [1.165, 1.54) is 25.7 Å². The van der Waals surface area contributed by atoms with Crippen LogP contribution in [-0.2, 0) is 4.74 Å². The van der Waals surface area contributed by atoms with Gasteiger partial charge < -0.3 is 15.4 Å². The molecule has 0 aromatic carbocycles. The first-order chi connectivity index (χ1) is 9.38. The van der Waals surface area contributed by atoms with Crippen LogP contribution in [-0.4, -0.2) is 38.3 Å². The van der Waals surface area contributed by atoms with E-state index in [9.17, 15) is 0 Å². The van der Waals surface area contributed by atoms with Crippen LogP contribution in [0.25, 0.3) is 0 Å². The van der Waals surface area contributed by atoms with Gasteiger partial charge in [-0.15, -0.1) is 0 Å². The molecule has 4 nitrogen and oxygen atoms in total. The van der Waals surface area contributed by atoms with E-state index in [4.69, 9.17) is 4.74 Å². The van der Waals surface area contributed by atoms with E-state index in [0.29, 0.717) is 12.1 Å². The molecule has 2 aliphatic rings. The summed E-state index contributed by atoms with van der Waals surface area (Å²) in [6.45, 7) is 1.78. The fourth-order valence-electron chi connectivity index (χ4n) is 2.71. The van der Waals surface area contributed by atoms with Gasteiger partial charge in [-0.3, -0.25) is 4.99 Å². The third-order valence-corrected chi connectivity index (χ3v) is 3.84. The molecule has 2 N–H and O–H groups in total. The Kier molecular flexibility index (Phi) is 6.21. The molecule has 0 aliphatic heterocycles. The standard InChI is InChI=1S/C15H27N3O/c1-16-15(18-13-7-2-3-8-13)17-11-6-12-19-14-9-4-5-10-14/h2-3,13-14H,4-12H2,1H3,(H2,16,17,18). The maximum atomic E-state index is 5.84. The quantitative estimate of drug-likeness (QED) is 0.335. The van der Waals surface area contributed by atoms with Crippen molar-refractivity contribution in [2.45, 2.75) is 57.1 Å². The van der Waals surface area contributed by atoms with Crippen LogP contribution in [0.2, 0.25) is 0 Å². The lowest BCUT2D eigenvalue weighted by Gasteiger charge is -2.17. The van der Waals surface area contributed by atoms with Crippen molar-refractivity contribution >= 4 is 5.96 Å². The predicted molar refractivity (Wildman–Crippen MR) is 79.5 cm³/mol. The number of hydrogen-bond donors (Lipinski definition) is 2. The van der Waals surface area contributed by atoms with Crippen molar-refractivity contribution in [3.63, 3.8) is 0 Å². The summed E-state index contributed by atoms with van der Waals surface area (Å²) < 4.78 is 5.84. The minimum atomic E-state index is 0.515. The molecule has 0 aromatic heterocycles. The second-order valence-electron chi connectivity index (χ2n) is 5.41. The Morgan fingerprint density at radius 1 is 1.26 bits per heavy atom. The van der Waals surface area contributed by atoms with Crippen molar-refractivity contribution in [3.8, 4) is 0 Å². The first-order valence-electron chi connectivity index (χ1n) is 7.62. The number of guanidine groups is 1. The van der Waals surface area contributed by atoms with Crippen molar-refractivity contribution in [2.24, 2.45) is 4.99 Å². The Bertz CT molecular complexity index is 301. The molecule has 1 saturated carbocycles. The first kappa shape index (κ1) is 14.4. The van der Waals surface area contributed by atoms with Gasteiger partial charge in [0.2, 0.25) is 0 Å². The fraction of sp³-hybridized carbons (Fsp3) is 0.800. The SMILES string of the molecule is CN=C(NCCCOC1CCCC1)NC1CC=CC1. The molecule has 0 amide bonds. The third-order valence-electron chi connectivity index (χ3n) is 3.84. The molecule has 0 atom stereocenters.